The van der Waals surface area contributed by atoms with Crippen molar-refractivity contribution in [1.82, 2.24) is 0 Å². The summed E-state index contributed by atoms with van der Waals surface area (Å²) in [4.78, 5) is 0. The van der Waals surface area contributed by atoms with Gasteiger partial charge in [0.05, 0.1) is 19.6 Å². The summed E-state index contributed by atoms with van der Waals surface area (Å²) in [7, 11) is 0. The van der Waals surface area contributed by atoms with Gasteiger partial charge >= 0.3 is 20.0 Å². The third kappa shape index (κ3) is 11.1. The first-order chi connectivity index (χ1) is 10.8. The molecule has 0 aliphatic carbocycles. The van der Waals surface area contributed by atoms with Gasteiger partial charge in [0.25, 0.3) is 0 Å². The van der Waals surface area contributed by atoms with E-state index in [9.17, 15) is 0 Å². The Kier molecular flexibility index (Phi) is 18.1. The van der Waals surface area contributed by atoms with Gasteiger partial charge in [0, 0.05) is 5.56 Å². The molecule has 0 amide bonds. The van der Waals surface area contributed by atoms with Crippen molar-refractivity contribution < 1.29 is 8.29 Å². The molecule has 0 atom stereocenters. The predicted molar refractivity (Wildman–Crippen MR) is 103 cm³/mol. The number of unbranched alkanes of at least 4 members (excludes halogenated alkanes) is 3. The van der Waals surface area contributed by atoms with Crippen LogP contribution in [0.4, 0.5) is 0 Å². The second-order valence-electron chi connectivity index (χ2n) is 6.22. The molecule has 1 aromatic rings. The van der Waals surface area contributed by atoms with Crippen LogP contribution in [0.15, 0.2) is 30.3 Å². The van der Waals surface area contributed by atoms with Crippen LogP contribution >= 0.6 is 12.4 Å². The van der Waals surface area contributed by atoms with Crippen LogP contribution in [0.3, 0.4) is 0 Å². The molecular formula is C19H35AlClNO+. The van der Waals surface area contributed by atoms with Gasteiger partial charge in [0.15, 0.2) is 0 Å². The summed E-state index contributed by atoms with van der Waals surface area (Å²) in [6, 6.07) is 11.1. The molecule has 1 radical (unpaired) electrons. The number of quaternary nitrogens is 1. The third-order valence-electron chi connectivity index (χ3n) is 4.32. The molecule has 1 aromatic carbocycles. The van der Waals surface area contributed by atoms with E-state index in [2.05, 4.69) is 51.1 Å². The van der Waals surface area contributed by atoms with Gasteiger partial charge in [-0.3, -0.25) is 0 Å². The molecule has 23 heavy (non-hydrogen) atoms. The zero-order valence-corrected chi connectivity index (χ0v) is 17.3. The zero-order valence-electron chi connectivity index (χ0n) is 15.3. The van der Waals surface area contributed by atoms with E-state index >= 15 is 0 Å². The van der Waals surface area contributed by atoms with Crippen molar-refractivity contribution in [2.75, 3.05) is 19.6 Å². The van der Waals surface area contributed by atoms with Gasteiger partial charge < -0.3 is 4.48 Å². The average Bonchev–Trinajstić information content (AvgIpc) is 2.59. The summed E-state index contributed by atoms with van der Waals surface area (Å²) in [5, 5.41) is 0. The van der Waals surface area contributed by atoms with Crippen molar-refractivity contribution in [2.45, 2.75) is 65.8 Å². The molecule has 0 saturated heterocycles. The van der Waals surface area contributed by atoms with Gasteiger partial charge in [-0.15, -0.1) is 12.4 Å². The molecule has 0 unspecified atom stereocenters. The SMILES string of the molecule is CCCC[N+](CCCC)(CCCC)Cc1ccccc1.Cl.[O]=[Al]. The maximum atomic E-state index is 8.17. The minimum atomic E-state index is 0. The maximum absolute atomic E-state index is 8.17. The molecule has 2 nitrogen and oxygen atoms in total. The number of hydrogen-bond acceptors (Lipinski definition) is 1. The minimum absolute atomic E-state index is 0. The quantitative estimate of drug-likeness (QED) is 0.387. The number of rotatable bonds is 11. The Balaban J connectivity index is 0. The first-order valence-electron chi connectivity index (χ1n) is 8.89. The van der Waals surface area contributed by atoms with E-state index in [-0.39, 0.29) is 12.4 Å². The molecule has 0 aromatic heterocycles. The molecule has 0 N–H and O–H groups in total. The van der Waals surface area contributed by atoms with Crippen molar-refractivity contribution in [3.63, 3.8) is 0 Å². The van der Waals surface area contributed by atoms with Crippen LogP contribution in [0.5, 0.6) is 0 Å². The van der Waals surface area contributed by atoms with Crippen LogP contribution in [0.2, 0.25) is 0 Å². The van der Waals surface area contributed by atoms with Crippen LogP contribution in [0, 0.1) is 0 Å². The van der Waals surface area contributed by atoms with E-state index in [1.165, 1.54) is 91.0 Å². The Hall–Kier alpha value is -0.198. The fraction of sp³-hybridized carbons (Fsp3) is 0.684. The van der Waals surface area contributed by atoms with Crippen molar-refractivity contribution in [3.8, 4) is 0 Å². The summed E-state index contributed by atoms with van der Waals surface area (Å²) in [6.07, 6.45) is 8.02. The molecular weight excluding hydrogens is 321 g/mol. The van der Waals surface area contributed by atoms with Gasteiger partial charge in [-0.25, -0.2) is 0 Å². The van der Waals surface area contributed by atoms with E-state index in [4.69, 9.17) is 3.80 Å². The number of halogens is 1. The van der Waals surface area contributed by atoms with E-state index in [1.54, 1.807) is 0 Å². The Labute approximate surface area is 158 Å². The van der Waals surface area contributed by atoms with Gasteiger partial charge in [-0.05, 0) is 19.3 Å². The number of nitrogens with zero attached hydrogens (tertiary/aromatic N) is 1. The van der Waals surface area contributed by atoms with Crippen molar-refractivity contribution >= 4 is 28.6 Å². The predicted octanol–water partition coefficient (Wildman–Crippen LogP) is 5.33. The Morgan fingerprint density at radius 3 is 1.52 bits per heavy atom. The van der Waals surface area contributed by atoms with Crippen molar-refractivity contribution in [3.05, 3.63) is 35.9 Å². The van der Waals surface area contributed by atoms with Crippen LogP contribution in [0.1, 0.15) is 64.9 Å². The van der Waals surface area contributed by atoms with Crippen LogP contribution in [-0.4, -0.2) is 40.3 Å². The normalized spacial score (nSPS) is 10.3. The molecule has 0 bridgehead atoms. The summed E-state index contributed by atoms with van der Waals surface area (Å²) in [6.45, 7) is 12.2. The Bertz CT molecular complexity index is 340. The number of hydrogen-bond donors (Lipinski definition) is 0. The van der Waals surface area contributed by atoms with E-state index in [0.29, 0.717) is 0 Å². The van der Waals surface area contributed by atoms with E-state index < -0.39 is 0 Å². The second-order valence-corrected chi connectivity index (χ2v) is 6.22. The summed E-state index contributed by atoms with van der Waals surface area (Å²) >= 11 is 1.17. The van der Waals surface area contributed by atoms with Gasteiger partial charge in [-0.1, -0.05) is 70.4 Å². The molecule has 0 saturated carbocycles. The molecule has 0 spiro atoms. The van der Waals surface area contributed by atoms with Crippen LogP contribution < -0.4 is 0 Å². The standard InChI is InChI=1S/C19H34N.Al.ClH.O/c1-4-7-15-20(16-8-5-2,17-9-6-3)18-19-13-11-10-12-14-19;;;/h10-14H,4-9,15-18H2,1-3H3;;1H;/q+1;;;. The second kappa shape index (κ2) is 16.7. The topological polar surface area (TPSA) is 17.1 Å². The van der Waals surface area contributed by atoms with Crippen LogP contribution in [0.25, 0.3) is 0 Å². The Morgan fingerprint density at radius 1 is 0.783 bits per heavy atom. The molecule has 0 heterocycles. The van der Waals surface area contributed by atoms with Crippen molar-refractivity contribution in [1.29, 1.82) is 0 Å². The first-order valence-corrected chi connectivity index (χ1v) is 9.36. The summed E-state index contributed by atoms with van der Waals surface area (Å²) < 4.78 is 9.47. The van der Waals surface area contributed by atoms with Crippen LogP contribution in [-0.2, 0) is 10.3 Å². The third-order valence-corrected chi connectivity index (χ3v) is 4.32. The van der Waals surface area contributed by atoms with Crippen molar-refractivity contribution in [2.24, 2.45) is 0 Å². The Morgan fingerprint density at radius 2 is 1.17 bits per heavy atom. The molecule has 1 rings (SSSR count). The molecule has 0 aliphatic rings. The summed E-state index contributed by atoms with van der Waals surface area (Å²) in [5.74, 6) is 0. The average molecular weight is 356 g/mol. The number of benzene rings is 1. The fourth-order valence-electron chi connectivity index (χ4n) is 3.02. The van der Waals surface area contributed by atoms with E-state index in [0.717, 1.165) is 0 Å². The summed E-state index contributed by atoms with van der Waals surface area (Å²) in [5.41, 5.74) is 1.51. The zero-order chi connectivity index (χ0) is 16.7. The first kappa shape index (κ1) is 25.0. The van der Waals surface area contributed by atoms with E-state index in [1.807, 2.05) is 0 Å². The molecule has 0 aliphatic heterocycles. The molecule has 0 fully saturated rings. The van der Waals surface area contributed by atoms with Gasteiger partial charge in [0.2, 0.25) is 0 Å². The monoisotopic (exact) mass is 355 g/mol. The fourth-order valence-corrected chi connectivity index (χ4v) is 3.02. The van der Waals surface area contributed by atoms with Gasteiger partial charge in [-0.2, -0.15) is 0 Å². The van der Waals surface area contributed by atoms with Gasteiger partial charge in [0.1, 0.15) is 6.54 Å². The molecule has 131 valence electrons. The molecule has 4 heteroatoms.